The lowest BCUT2D eigenvalue weighted by atomic mass is 9.99. The summed E-state index contributed by atoms with van der Waals surface area (Å²) in [4.78, 5) is 11.1. The minimum atomic E-state index is -0.769. The monoisotopic (exact) mass is 233 g/mol. The van der Waals surface area contributed by atoms with Crippen molar-refractivity contribution in [2.75, 3.05) is 12.3 Å². The molecule has 0 aromatic rings. The van der Waals surface area contributed by atoms with E-state index in [1.807, 2.05) is 18.7 Å². The molecule has 0 radical (unpaired) electrons. The Morgan fingerprint density at radius 2 is 2.13 bits per heavy atom. The Kier molecular flexibility index (Phi) is 7.02. The molecule has 0 spiro atoms. The molecule has 2 unspecified atom stereocenters. The molecule has 0 aliphatic carbocycles. The van der Waals surface area contributed by atoms with Crippen LogP contribution in [0.25, 0.3) is 0 Å². The highest BCUT2D eigenvalue weighted by molar-refractivity contribution is 7.99. The second-order valence-electron chi connectivity index (χ2n) is 4.01. The van der Waals surface area contributed by atoms with Crippen molar-refractivity contribution in [1.29, 1.82) is 0 Å². The van der Waals surface area contributed by atoms with E-state index in [0.717, 1.165) is 12.2 Å². The van der Waals surface area contributed by atoms with E-state index in [-0.39, 0.29) is 0 Å². The number of nitrogens with one attached hydrogen (secondary N) is 1. The zero-order chi connectivity index (χ0) is 11.9. The Morgan fingerprint density at radius 1 is 1.53 bits per heavy atom. The number of hydrogen-bond acceptors (Lipinski definition) is 3. The number of thioether (sulfide) groups is 1. The van der Waals surface area contributed by atoms with Gasteiger partial charge in [0, 0.05) is 5.25 Å². The van der Waals surface area contributed by atoms with Crippen molar-refractivity contribution in [3.05, 3.63) is 0 Å². The van der Waals surface area contributed by atoms with Crippen molar-refractivity contribution in [1.82, 2.24) is 5.32 Å². The van der Waals surface area contributed by atoms with Crippen LogP contribution < -0.4 is 5.32 Å². The number of aliphatic carboxylic acids is 1. The molecule has 0 aromatic carbocycles. The molecule has 0 aliphatic heterocycles. The SMILES string of the molecule is CCNC(C)(CCSC(C)CC)C(=O)O. The summed E-state index contributed by atoms with van der Waals surface area (Å²) in [5, 5.41) is 12.8. The van der Waals surface area contributed by atoms with Crippen LogP contribution in [0.3, 0.4) is 0 Å². The van der Waals surface area contributed by atoms with Crippen molar-refractivity contribution >= 4 is 17.7 Å². The standard InChI is InChI=1S/C11H23NO2S/c1-5-9(3)15-8-7-11(4,10(13)14)12-6-2/h9,12H,5-8H2,1-4H3,(H,13,14). The Hall–Kier alpha value is -0.220. The van der Waals surface area contributed by atoms with E-state index in [0.29, 0.717) is 18.2 Å². The van der Waals surface area contributed by atoms with Crippen LogP contribution in [0.1, 0.15) is 40.5 Å². The number of carbonyl (C=O) groups is 1. The first-order chi connectivity index (χ1) is 6.96. The number of rotatable bonds is 8. The van der Waals surface area contributed by atoms with Crippen LogP contribution in [0.4, 0.5) is 0 Å². The fourth-order valence-corrected chi connectivity index (χ4v) is 2.41. The van der Waals surface area contributed by atoms with Gasteiger partial charge in [-0.2, -0.15) is 11.8 Å². The Labute approximate surface area is 97.0 Å². The van der Waals surface area contributed by atoms with E-state index in [9.17, 15) is 4.79 Å². The highest BCUT2D eigenvalue weighted by Gasteiger charge is 2.31. The second-order valence-corrected chi connectivity index (χ2v) is 5.55. The average Bonchev–Trinajstić information content (AvgIpc) is 2.17. The minimum Gasteiger partial charge on any atom is -0.480 e. The predicted molar refractivity (Wildman–Crippen MR) is 66.5 cm³/mol. The maximum atomic E-state index is 11.1. The molecule has 0 bridgehead atoms. The van der Waals surface area contributed by atoms with Crippen molar-refractivity contribution in [2.24, 2.45) is 0 Å². The van der Waals surface area contributed by atoms with Crippen molar-refractivity contribution in [3.63, 3.8) is 0 Å². The van der Waals surface area contributed by atoms with Crippen LogP contribution in [0.2, 0.25) is 0 Å². The van der Waals surface area contributed by atoms with Gasteiger partial charge in [-0.05, 0) is 32.1 Å². The maximum Gasteiger partial charge on any atom is 0.323 e. The van der Waals surface area contributed by atoms with Crippen molar-refractivity contribution in [2.45, 2.75) is 51.3 Å². The van der Waals surface area contributed by atoms with E-state index in [1.54, 1.807) is 6.92 Å². The Bertz CT molecular complexity index is 199. The molecule has 2 N–H and O–H groups in total. The van der Waals surface area contributed by atoms with Gasteiger partial charge in [0.15, 0.2) is 0 Å². The fraction of sp³-hybridized carbons (Fsp3) is 0.909. The molecular formula is C11H23NO2S. The quantitative estimate of drug-likeness (QED) is 0.676. The lowest BCUT2D eigenvalue weighted by Gasteiger charge is -2.26. The largest absolute Gasteiger partial charge is 0.480 e. The van der Waals surface area contributed by atoms with Crippen LogP contribution in [-0.4, -0.2) is 34.2 Å². The molecule has 0 saturated carbocycles. The minimum absolute atomic E-state index is 0.615. The van der Waals surface area contributed by atoms with Gasteiger partial charge in [0.25, 0.3) is 0 Å². The molecule has 0 amide bonds. The summed E-state index contributed by atoms with van der Waals surface area (Å²) in [6.07, 6.45) is 1.81. The number of carboxylic acids is 1. The summed E-state index contributed by atoms with van der Waals surface area (Å²) in [6, 6.07) is 0. The van der Waals surface area contributed by atoms with E-state index in [2.05, 4.69) is 19.2 Å². The molecule has 0 fully saturated rings. The molecule has 0 aliphatic rings. The Balaban J connectivity index is 4.02. The van der Waals surface area contributed by atoms with E-state index >= 15 is 0 Å². The molecule has 0 aromatic heterocycles. The molecule has 2 atom stereocenters. The molecule has 15 heavy (non-hydrogen) atoms. The van der Waals surface area contributed by atoms with Gasteiger partial charge in [-0.1, -0.05) is 20.8 Å². The van der Waals surface area contributed by atoms with Crippen molar-refractivity contribution < 1.29 is 9.90 Å². The number of hydrogen-bond donors (Lipinski definition) is 2. The summed E-state index contributed by atoms with van der Waals surface area (Å²) >= 11 is 1.84. The lowest BCUT2D eigenvalue weighted by Crippen LogP contribution is -2.49. The first kappa shape index (κ1) is 14.8. The zero-order valence-corrected chi connectivity index (χ0v) is 11.0. The van der Waals surface area contributed by atoms with Gasteiger partial charge in [0.1, 0.15) is 5.54 Å². The van der Waals surface area contributed by atoms with Crippen LogP contribution in [0.5, 0.6) is 0 Å². The summed E-state index contributed by atoms with van der Waals surface area (Å²) < 4.78 is 0. The summed E-state index contributed by atoms with van der Waals surface area (Å²) in [7, 11) is 0. The summed E-state index contributed by atoms with van der Waals surface area (Å²) in [5.41, 5.74) is -0.769. The van der Waals surface area contributed by atoms with Crippen molar-refractivity contribution in [3.8, 4) is 0 Å². The smallest absolute Gasteiger partial charge is 0.323 e. The van der Waals surface area contributed by atoms with Crippen LogP contribution >= 0.6 is 11.8 Å². The first-order valence-corrected chi connectivity index (χ1v) is 6.61. The van der Waals surface area contributed by atoms with Gasteiger partial charge >= 0.3 is 5.97 Å². The van der Waals surface area contributed by atoms with Gasteiger partial charge < -0.3 is 10.4 Å². The summed E-state index contributed by atoms with van der Waals surface area (Å²) in [6.45, 7) is 8.71. The molecule has 0 saturated heterocycles. The second kappa shape index (κ2) is 7.12. The van der Waals surface area contributed by atoms with Crippen LogP contribution in [0.15, 0.2) is 0 Å². The molecule has 0 rings (SSSR count). The fourth-order valence-electron chi connectivity index (χ4n) is 1.24. The van der Waals surface area contributed by atoms with Gasteiger partial charge in [-0.15, -0.1) is 0 Å². The van der Waals surface area contributed by atoms with Gasteiger partial charge in [-0.25, -0.2) is 0 Å². The van der Waals surface area contributed by atoms with Gasteiger partial charge in [-0.3, -0.25) is 4.79 Å². The van der Waals surface area contributed by atoms with E-state index < -0.39 is 11.5 Å². The third kappa shape index (κ3) is 5.42. The Morgan fingerprint density at radius 3 is 2.53 bits per heavy atom. The number of carboxylic acid groups (broad SMARTS) is 1. The molecule has 0 heterocycles. The molecule has 90 valence electrons. The average molecular weight is 233 g/mol. The van der Waals surface area contributed by atoms with Crippen LogP contribution in [-0.2, 0) is 4.79 Å². The van der Waals surface area contributed by atoms with Gasteiger partial charge in [0.05, 0.1) is 0 Å². The highest BCUT2D eigenvalue weighted by atomic mass is 32.2. The summed E-state index contributed by atoms with van der Waals surface area (Å²) in [5.74, 6) is 0.138. The highest BCUT2D eigenvalue weighted by Crippen LogP contribution is 2.19. The third-order valence-corrected chi connectivity index (χ3v) is 3.96. The topological polar surface area (TPSA) is 49.3 Å². The van der Waals surface area contributed by atoms with E-state index in [1.165, 1.54) is 0 Å². The maximum absolute atomic E-state index is 11.1. The van der Waals surface area contributed by atoms with Crippen LogP contribution in [0, 0.1) is 0 Å². The number of likely N-dealkylation sites (N-methyl/N-ethyl adjacent to an activating group) is 1. The molecule has 4 heteroatoms. The van der Waals surface area contributed by atoms with Gasteiger partial charge in [0.2, 0.25) is 0 Å². The normalized spacial score (nSPS) is 17.1. The zero-order valence-electron chi connectivity index (χ0n) is 10.2. The predicted octanol–water partition coefficient (Wildman–Crippen LogP) is 2.36. The third-order valence-electron chi connectivity index (χ3n) is 2.62. The molecule has 3 nitrogen and oxygen atoms in total. The van der Waals surface area contributed by atoms with E-state index in [4.69, 9.17) is 5.11 Å². The lowest BCUT2D eigenvalue weighted by molar-refractivity contribution is -0.144. The first-order valence-electron chi connectivity index (χ1n) is 5.56. The molecular weight excluding hydrogens is 210 g/mol.